The second-order valence-electron chi connectivity index (χ2n) is 5.40. The lowest BCUT2D eigenvalue weighted by molar-refractivity contribution is -0.152. The molecule has 1 aliphatic heterocycles. The highest BCUT2D eigenvalue weighted by molar-refractivity contribution is 9.09. The summed E-state index contributed by atoms with van der Waals surface area (Å²) in [5.74, 6) is -0.385. The SMILES string of the molecule is CCOC(=O)/C=C\[C@H]1O[C@H](OCC)C=C[C@@H]1O[Si](C)(C)CBr. The highest BCUT2D eigenvalue weighted by atomic mass is 79.9. The van der Waals surface area contributed by atoms with E-state index in [4.69, 9.17) is 18.6 Å². The predicted octanol–water partition coefficient (Wildman–Crippen LogP) is 2.95. The van der Waals surface area contributed by atoms with Crippen LogP contribution in [0.3, 0.4) is 0 Å². The molecule has 0 aromatic rings. The number of hydrogen-bond acceptors (Lipinski definition) is 5. The number of alkyl halides is 1. The van der Waals surface area contributed by atoms with Gasteiger partial charge >= 0.3 is 5.97 Å². The van der Waals surface area contributed by atoms with Gasteiger partial charge < -0.3 is 18.6 Å². The van der Waals surface area contributed by atoms with E-state index in [9.17, 15) is 4.79 Å². The van der Waals surface area contributed by atoms with Crippen LogP contribution in [0.5, 0.6) is 0 Å². The van der Waals surface area contributed by atoms with Gasteiger partial charge in [-0.3, -0.25) is 0 Å². The van der Waals surface area contributed by atoms with E-state index in [2.05, 4.69) is 29.0 Å². The van der Waals surface area contributed by atoms with E-state index in [0.29, 0.717) is 13.2 Å². The fraction of sp³-hybridized carbons (Fsp3) is 0.667. The molecular weight excluding hydrogens is 368 g/mol. The van der Waals surface area contributed by atoms with Crippen LogP contribution >= 0.6 is 15.9 Å². The van der Waals surface area contributed by atoms with Crippen molar-refractivity contribution in [1.29, 1.82) is 0 Å². The topological polar surface area (TPSA) is 54.0 Å². The zero-order valence-corrected chi connectivity index (χ0v) is 16.2. The summed E-state index contributed by atoms with van der Waals surface area (Å²) in [7, 11) is -1.82. The van der Waals surface area contributed by atoms with Gasteiger partial charge in [-0.2, -0.15) is 0 Å². The molecule has 0 aromatic heterocycles. The lowest BCUT2D eigenvalue weighted by Gasteiger charge is -2.34. The number of carbonyl (C=O) groups is 1. The Bertz CT molecular complexity index is 411. The normalized spacial score (nSPS) is 25.6. The predicted molar refractivity (Wildman–Crippen MR) is 91.3 cm³/mol. The molecule has 1 aliphatic rings. The van der Waals surface area contributed by atoms with E-state index < -0.39 is 14.6 Å². The van der Waals surface area contributed by atoms with Crippen molar-refractivity contribution in [2.75, 3.05) is 18.2 Å². The fourth-order valence-electron chi connectivity index (χ4n) is 1.87. The molecule has 7 heteroatoms. The molecule has 0 saturated carbocycles. The van der Waals surface area contributed by atoms with Crippen LogP contribution in [-0.2, 0) is 23.4 Å². The van der Waals surface area contributed by atoms with Crippen molar-refractivity contribution in [1.82, 2.24) is 0 Å². The average molecular weight is 393 g/mol. The van der Waals surface area contributed by atoms with Crippen molar-refractivity contribution in [3.8, 4) is 0 Å². The lowest BCUT2D eigenvalue weighted by Crippen LogP contribution is -2.45. The molecule has 0 fully saturated rings. The first-order chi connectivity index (χ1) is 10.4. The zero-order chi connectivity index (χ0) is 16.6. The highest BCUT2D eigenvalue weighted by Crippen LogP contribution is 2.22. The molecule has 5 nitrogen and oxygen atoms in total. The molecule has 0 unspecified atom stereocenters. The monoisotopic (exact) mass is 392 g/mol. The van der Waals surface area contributed by atoms with Gasteiger partial charge in [-0.1, -0.05) is 22.0 Å². The average Bonchev–Trinajstić information content (AvgIpc) is 2.47. The molecule has 0 aliphatic carbocycles. The van der Waals surface area contributed by atoms with E-state index in [1.807, 2.05) is 19.1 Å². The molecule has 0 saturated heterocycles. The molecule has 0 radical (unpaired) electrons. The van der Waals surface area contributed by atoms with Gasteiger partial charge in [0.1, 0.15) is 6.10 Å². The van der Waals surface area contributed by atoms with Gasteiger partial charge in [0.2, 0.25) is 0 Å². The van der Waals surface area contributed by atoms with E-state index in [1.165, 1.54) is 6.08 Å². The maximum absolute atomic E-state index is 11.5. The minimum Gasteiger partial charge on any atom is -0.463 e. The molecule has 126 valence electrons. The molecule has 0 amide bonds. The summed E-state index contributed by atoms with van der Waals surface area (Å²) in [5.41, 5.74) is 0. The summed E-state index contributed by atoms with van der Waals surface area (Å²) in [4.78, 5) is 12.3. The van der Waals surface area contributed by atoms with E-state index in [0.717, 1.165) is 4.95 Å². The van der Waals surface area contributed by atoms with Crippen LogP contribution in [0.25, 0.3) is 0 Å². The Morgan fingerprint density at radius 2 is 2.05 bits per heavy atom. The molecule has 0 spiro atoms. The molecule has 0 bridgehead atoms. The van der Waals surface area contributed by atoms with Gasteiger partial charge in [-0.05, 0) is 39.1 Å². The molecular formula is C15H25BrO5Si. The quantitative estimate of drug-likeness (QED) is 0.209. The fourth-order valence-corrected chi connectivity index (χ4v) is 3.28. The van der Waals surface area contributed by atoms with Crippen LogP contribution in [0.1, 0.15) is 13.8 Å². The van der Waals surface area contributed by atoms with E-state index in [-0.39, 0.29) is 18.2 Å². The van der Waals surface area contributed by atoms with Crippen molar-refractivity contribution in [3.05, 3.63) is 24.3 Å². The van der Waals surface area contributed by atoms with Crippen molar-refractivity contribution in [2.45, 2.75) is 45.4 Å². The first-order valence-corrected chi connectivity index (χ1v) is 11.7. The van der Waals surface area contributed by atoms with Crippen molar-refractivity contribution < 1.29 is 23.4 Å². The van der Waals surface area contributed by atoms with Crippen molar-refractivity contribution >= 4 is 30.2 Å². The van der Waals surface area contributed by atoms with Crippen LogP contribution in [0.15, 0.2) is 24.3 Å². The Morgan fingerprint density at radius 3 is 2.64 bits per heavy atom. The zero-order valence-electron chi connectivity index (χ0n) is 13.6. The Balaban J connectivity index is 2.80. The number of ether oxygens (including phenoxy) is 3. The highest BCUT2D eigenvalue weighted by Gasteiger charge is 2.32. The summed E-state index contributed by atoms with van der Waals surface area (Å²) in [6, 6.07) is 0. The summed E-state index contributed by atoms with van der Waals surface area (Å²) >= 11 is 3.49. The third-order valence-corrected chi connectivity index (χ3v) is 8.49. The minimum absolute atomic E-state index is 0.235. The number of hydrogen-bond donors (Lipinski definition) is 0. The van der Waals surface area contributed by atoms with Gasteiger partial charge in [-0.15, -0.1) is 0 Å². The second-order valence-corrected chi connectivity index (χ2v) is 11.1. The smallest absolute Gasteiger partial charge is 0.330 e. The van der Waals surface area contributed by atoms with Gasteiger partial charge in [-0.25, -0.2) is 4.79 Å². The number of esters is 1. The van der Waals surface area contributed by atoms with Crippen LogP contribution in [-0.4, -0.2) is 51.0 Å². The van der Waals surface area contributed by atoms with Crippen molar-refractivity contribution in [3.63, 3.8) is 0 Å². The summed E-state index contributed by atoms with van der Waals surface area (Å²) in [5, 5.41) is 0. The first-order valence-electron chi connectivity index (χ1n) is 7.46. The molecule has 0 aromatic carbocycles. The molecule has 22 heavy (non-hydrogen) atoms. The minimum atomic E-state index is -1.82. The molecule has 3 atom stereocenters. The third kappa shape index (κ3) is 6.74. The van der Waals surface area contributed by atoms with E-state index >= 15 is 0 Å². The largest absolute Gasteiger partial charge is 0.463 e. The lowest BCUT2D eigenvalue weighted by atomic mass is 10.1. The Hall–Kier alpha value is -0.473. The second kappa shape index (κ2) is 9.62. The van der Waals surface area contributed by atoms with Crippen LogP contribution < -0.4 is 0 Å². The Kier molecular flexibility index (Phi) is 8.56. The summed E-state index contributed by atoms with van der Waals surface area (Å²) in [6.45, 7) is 8.82. The van der Waals surface area contributed by atoms with E-state index in [1.54, 1.807) is 13.0 Å². The van der Waals surface area contributed by atoms with Gasteiger partial charge in [0, 0.05) is 17.6 Å². The molecule has 0 N–H and O–H groups in total. The summed E-state index contributed by atoms with van der Waals surface area (Å²) in [6.07, 6.45) is 5.82. The number of rotatable bonds is 8. The maximum Gasteiger partial charge on any atom is 0.330 e. The van der Waals surface area contributed by atoms with Crippen LogP contribution in [0, 0.1) is 0 Å². The maximum atomic E-state index is 11.5. The van der Waals surface area contributed by atoms with Crippen LogP contribution in [0.2, 0.25) is 13.1 Å². The van der Waals surface area contributed by atoms with Gasteiger partial charge in [0.25, 0.3) is 0 Å². The molecule has 1 heterocycles. The Labute approximate surface area is 141 Å². The van der Waals surface area contributed by atoms with Crippen molar-refractivity contribution in [2.24, 2.45) is 0 Å². The third-order valence-electron chi connectivity index (χ3n) is 2.89. The first kappa shape index (κ1) is 19.6. The number of halogens is 1. The van der Waals surface area contributed by atoms with Gasteiger partial charge in [0.15, 0.2) is 14.6 Å². The summed E-state index contributed by atoms with van der Waals surface area (Å²) < 4.78 is 22.4. The van der Waals surface area contributed by atoms with Gasteiger partial charge in [0.05, 0.1) is 12.7 Å². The van der Waals surface area contributed by atoms with Crippen LogP contribution in [0.4, 0.5) is 0 Å². The molecule has 1 rings (SSSR count). The number of carbonyl (C=O) groups excluding carboxylic acids is 1. The standard InChI is InChI=1S/C15H25BrO5Si/c1-5-18-14(17)9-7-12-13(21-22(3,4)11-16)8-10-15(20-12)19-6-2/h7-10,12-13,15H,5-6,11H2,1-4H3/b9-7-/t12-,13+,15+/m1/s1. The Morgan fingerprint density at radius 1 is 1.32 bits per heavy atom.